The molecule has 2 saturated carbocycles. The van der Waals surface area contributed by atoms with E-state index >= 15 is 0 Å². The normalized spacial score (nSPS) is 30.8. The molecule has 0 saturated heterocycles. The molecule has 2 N–H and O–H groups in total. The van der Waals surface area contributed by atoms with Crippen LogP contribution in [0.1, 0.15) is 33.6 Å². The van der Waals surface area contributed by atoms with Crippen LogP contribution in [0.25, 0.3) is 0 Å². The van der Waals surface area contributed by atoms with Gasteiger partial charge in [0.05, 0.1) is 18.6 Å². The number of Topliss-reactive ketones (excluding diaryl/α,β-unsaturated/α-hetero) is 2. The molecule has 0 aromatic carbocycles. The Labute approximate surface area is 123 Å². The van der Waals surface area contributed by atoms with E-state index in [1.54, 1.807) is 0 Å². The quantitative estimate of drug-likeness (QED) is 0.551. The van der Waals surface area contributed by atoms with E-state index < -0.39 is 41.2 Å². The molecule has 118 valence electrons. The molecule has 21 heavy (non-hydrogen) atoms. The maximum absolute atomic E-state index is 12.3. The fourth-order valence-electron chi connectivity index (χ4n) is 3.53. The maximum atomic E-state index is 12.3. The molecule has 0 aromatic rings. The van der Waals surface area contributed by atoms with Crippen molar-refractivity contribution in [3.63, 3.8) is 0 Å². The summed E-state index contributed by atoms with van der Waals surface area (Å²) in [5.41, 5.74) is -2.89. The van der Waals surface area contributed by atoms with Crippen LogP contribution >= 0.6 is 0 Å². The Morgan fingerprint density at radius 2 is 1.90 bits per heavy atom. The zero-order chi connectivity index (χ0) is 16.1. The number of rotatable bonds is 5. The highest BCUT2D eigenvalue weighted by atomic mass is 16.5. The predicted molar refractivity (Wildman–Crippen MR) is 72.2 cm³/mol. The topological polar surface area (TPSA) is 101 Å². The van der Waals surface area contributed by atoms with E-state index in [9.17, 15) is 24.6 Å². The van der Waals surface area contributed by atoms with Crippen molar-refractivity contribution in [3.8, 4) is 0 Å². The lowest BCUT2D eigenvalue weighted by molar-refractivity contribution is -0.167. The van der Waals surface area contributed by atoms with Gasteiger partial charge >= 0.3 is 5.97 Å². The summed E-state index contributed by atoms with van der Waals surface area (Å²) in [4.78, 5) is 36.3. The molecule has 2 aliphatic carbocycles. The summed E-state index contributed by atoms with van der Waals surface area (Å²) in [5, 5.41) is 18.4. The number of esters is 1. The van der Waals surface area contributed by atoms with Crippen LogP contribution in [-0.2, 0) is 19.1 Å². The van der Waals surface area contributed by atoms with Crippen molar-refractivity contribution in [2.45, 2.75) is 33.6 Å². The fourth-order valence-corrected chi connectivity index (χ4v) is 3.53. The molecule has 2 fully saturated rings. The van der Waals surface area contributed by atoms with Gasteiger partial charge in [0.15, 0.2) is 0 Å². The highest BCUT2D eigenvalue weighted by Crippen LogP contribution is 2.62. The second kappa shape index (κ2) is 4.88. The first kappa shape index (κ1) is 16.1. The van der Waals surface area contributed by atoms with Gasteiger partial charge in [-0.15, -0.1) is 0 Å². The van der Waals surface area contributed by atoms with Gasteiger partial charge in [-0.05, 0) is 25.2 Å². The van der Waals surface area contributed by atoms with Crippen molar-refractivity contribution in [3.05, 3.63) is 0 Å². The molecule has 0 amide bonds. The molecule has 0 spiro atoms. The average molecular weight is 298 g/mol. The Bertz CT molecular complexity index is 490. The SMILES string of the molecule is CC(CO)(CO)C(=O)OCC12CCC(C(=O)C1=O)C2(C)C. The zero-order valence-corrected chi connectivity index (χ0v) is 12.6. The molecule has 0 aromatic heterocycles. The molecule has 0 radical (unpaired) electrons. The summed E-state index contributed by atoms with van der Waals surface area (Å²) in [6.45, 7) is 3.84. The van der Waals surface area contributed by atoms with Crippen LogP contribution in [0.3, 0.4) is 0 Å². The highest BCUT2D eigenvalue weighted by molar-refractivity contribution is 6.43. The summed E-state index contributed by atoms with van der Waals surface area (Å²) >= 11 is 0. The van der Waals surface area contributed by atoms with Gasteiger partial charge in [-0.3, -0.25) is 14.4 Å². The van der Waals surface area contributed by atoms with E-state index in [4.69, 9.17) is 4.74 Å². The molecular weight excluding hydrogens is 276 g/mol. The molecule has 2 bridgehead atoms. The molecular formula is C15H22O6. The summed E-state index contributed by atoms with van der Waals surface area (Å²) in [5.74, 6) is -1.88. The Hall–Kier alpha value is -1.27. The molecule has 6 heteroatoms. The molecule has 6 nitrogen and oxygen atoms in total. The van der Waals surface area contributed by atoms with Crippen LogP contribution in [0, 0.1) is 22.2 Å². The van der Waals surface area contributed by atoms with E-state index in [-0.39, 0.29) is 18.3 Å². The number of ketones is 2. The molecule has 2 atom stereocenters. The smallest absolute Gasteiger partial charge is 0.316 e. The lowest BCUT2D eigenvalue weighted by Gasteiger charge is -2.35. The van der Waals surface area contributed by atoms with Crippen LogP contribution in [0.15, 0.2) is 0 Å². The van der Waals surface area contributed by atoms with Gasteiger partial charge in [0.25, 0.3) is 0 Å². The summed E-state index contributed by atoms with van der Waals surface area (Å²) in [6, 6.07) is 0. The third kappa shape index (κ3) is 1.96. The zero-order valence-electron chi connectivity index (χ0n) is 12.6. The lowest BCUT2D eigenvalue weighted by Crippen LogP contribution is -2.45. The minimum absolute atomic E-state index is 0.171. The second-order valence-electron chi connectivity index (χ2n) is 7.04. The largest absolute Gasteiger partial charge is 0.464 e. The van der Waals surface area contributed by atoms with E-state index in [1.807, 2.05) is 13.8 Å². The minimum atomic E-state index is -1.40. The Kier molecular flexibility index (Phi) is 3.74. The van der Waals surface area contributed by atoms with Gasteiger partial charge in [-0.25, -0.2) is 0 Å². The van der Waals surface area contributed by atoms with E-state index in [1.165, 1.54) is 6.92 Å². The van der Waals surface area contributed by atoms with Gasteiger partial charge in [-0.2, -0.15) is 0 Å². The first-order valence-electron chi connectivity index (χ1n) is 7.14. The van der Waals surface area contributed by atoms with Crippen LogP contribution in [0.5, 0.6) is 0 Å². The average Bonchev–Trinajstić information content (AvgIpc) is 2.79. The summed E-state index contributed by atoms with van der Waals surface area (Å²) < 4.78 is 5.22. The summed E-state index contributed by atoms with van der Waals surface area (Å²) in [7, 11) is 0. The van der Waals surface area contributed by atoms with Gasteiger partial charge in [-0.1, -0.05) is 13.8 Å². The standard InChI is InChI=1S/C15H22O6/c1-13(2)9-4-5-15(13,11(19)10(9)18)8-21-12(20)14(3,6-16)7-17/h9,16-17H,4-8H2,1-3H3. The third-order valence-electron chi connectivity index (χ3n) is 5.58. The van der Waals surface area contributed by atoms with Crippen molar-refractivity contribution in [1.82, 2.24) is 0 Å². The monoisotopic (exact) mass is 298 g/mol. The van der Waals surface area contributed by atoms with Crippen molar-refractivity contribution in [2.75, 3.05) is 19.8 Å². The summed E-state index contributed by atoms with van der Waals surface area (Å²) in [6.07, 6.45) is 1.16. The molecule has 0 aliphatic heterocycles. The highest BCUT2D eigenvalue weighted by Gasteiger charge is 2.69. The number of ether oxygens (including phenoxy) is 1. The van der Waals surface area contributed by atoms with Crippen molar-refractivity contribution >= 4 is 17.5 Å². The van der Waals surface area contributed by atoms with Gasteiger partial charge in [0.1, 0.15) is 12.0 Å². The Morgan fingerprint density at radius 3 is 2.33 bits per heavy atom. The molecule has 2 unspecified atom stereocenters. The molecule has 0 heterocycles. The Balaban J connectivity index is 2.18. The number of fused-ring (bicyclic) bond motifs is 2. The lowest BCUT2D eigenvalue weighted by atomic mass is 9.69. The van der Waals surface area contributed by atoms with Crippen LogP contribution in [0.4, 0.5) is 0 Å². The van der Waals surface area contributed by atoms with Crippen LogP contribution in [-0.4, -0.2) is 47.6 Å². The van der Waals surface area contributed by atoms with Crippen molar-refractivity contribution in [1.29, 1.82) is 0 Å². The minimum Gasteiger partial charge on any atom is -0.464 e. The number of carbonyl (C=O) groups excluding carboxylic acids is 3. The van der Waals surface area contributed by atoms with Crippen molar-refractivity contribution in [2.24, 2.45) is 22.2 Å². The van der Waals surface area contributed by atoms with Crippen molar-refractivity contribution < 1.29 is 29.3 Å². The third-order valence-corrected chi connectivity index (χ3v) is 5.58. The van der Waals surface area contributed by atoms with E-state index in [2.05, 4.69) is 0 Å². The molecule has 2 aliphatic rings. The number of aliphatic hydroxyl groups is 2. The fraction of sp³-hybridized carbons (Fsp3) is 0.800. The van der Waals surface area contributed by atoms with Crippen LogP contribution in [0.2, 0.25) is 0 Å². The van der Waals surface area contributed by atoms with Gasteiger partial charge in [0.2, 0.25) is 11.6 Å². The molecule has 2 rings (SSSR count). The van der Waals surface area contributed by atoms with Gasteiger partial charge < -0.3 is 14.9 Å². The van der Waals surface area contributed by atoms with Gasteiger partial charge in [0, 0.05) is 5.92 Å². The predicted octanol–water partition coefficient (Wildman–Crippen LogP) is 0.0949. The number of aliphatic hydroxyl groups excluding tert-OH is 2. The number of hydrogen-bond acceptors (Lipinski definition) is 6. The first-order valence-corrected chi connectivity index (χ1v) is 7.14. The van der Waals surface area contributed by atoms with E-state index in [0.717, 1.165) is 0 Å². The Morgan fingerprint density at radius 1 is 1.33 bits per heavy atom. The van der Waals surface area contributed by atoms with Crippen LogP contribution < -0.4 is 0 Å². The number of hydrogen-bond donors (Lipinski definition) is 2. The maximum Gasteiger partial charge on any atom is 0.316 e. The van der Waals surface area contributed by atoms with E-state index in [0.29, 0.717) is 12.8 Å². The first-order chi connectivity index (χ1) is 9.66. The number of carbonyl (C=O) groups is 3. The second-order valence-corrected chi connectivity index (χ2v) is 7.04.